The van der Waals surface area contributed by atoms with Crippen molar-refractivity contribution >= 4 is 33.8 Å². The molecule has 19 heavy (non-hydrogen) atoms. The number of fused-ring (bicyclic) bond motifs is 1. The van der Waals surface area contributed by atoms with Gasteiger partial charge in [-0.15, -0.1) is 11.3 Å². The van der Waals surface area contributed by atoms with Gasteiger partial charge in [-0.2, -0.15) is 0 Å². The molecule has 1 aliphatic heterocycles. The Morgan fingerprint density at radius 2 is 2.21 bits per heavy atom. The molecule has 1 saturated heterocycles. The van der Waals surface area contributed by atoms with E-state index in [-0.39, 0.29) is 11.6 Å². The van der Waals surface area contributed by atoms with E-state index in [0.29, 0.717) is 4.77 Å². The first-order valence-corrected chi connectivity index (χ1v) is 7.90. The summed E-state index contributed by atoms with van der Waals surface area (Å²) >= 11 is 6.82. The van der Waals surface area contributed by atoms with Crippen molar-refractivity contribution in [2.45, 2.75) is 25.8 Å². The van der Waals surface area contributed by atoms with Crippen LogP contribution in [0.5, 0.6) is 0 Å². The van der Waals surface area contributed by atoms with Crippen molar-refractivity contribution in [2.75, 3.05) is 19.6 Å². The minimum absolute atomic E-state index is 0.0421. The molecule has 0 amide bonds. The molecule has 4 nitrogen and oxygen atoms in total. The molecule has 0 aromatic carbocycles. The maximum atomic E-state index is 12.5. The number of H-pyrrole nitrogens is 1. The van der Waals surface area contributed by atoms with Gasteiger partial charge in [0.2, 0.25) is 0 Å². The summed E-state index contributed by atoms with van der Waals surface area (Å²) in [4.78, 5) is 18.1. The van der Waals surface area contributed by atoms with Crippen LogP contribution in [0.2, 0.25) is 0 Å². The fourth-order valence-electron chi connectivity index (χ4n) is 2.77. The maximum Gasteiger partial charge on any atom is 0.272 e. The first kappa shape index (κ1) is 13.0. The van der Waals surface area contributed by atoms with E-state index in [9.17, 15) is 4.79 Å². The number of nitrogens with zero attached hydrogens (tertiary/aromatic N) is 2. The Bertz CT molecular complexity index is 694. The lowest BCUT2D eigenvalue weighted by Crippen LogP contribution is -2.33. The summed E-state index contributed by atoms with van der Waals surface area (Å²) in [7, 11) is 0. The Labute approximate surface area is 120 Å². The van der Waals surface area contributed by atoms with Crippen molar-refractivity contribution in [2.24, 2.45) is 0 Å². The first-order chi connectivity index (χ1) is 9.16. The van der Waals surface area contributed by atoms with E-state index in [1.165, 1.54) is 24.2 Å². The minimum atomic E-state index is 0.0421. The number of aromatic nitrogens is 2. The van der Waals surface area contributed by atoms with Gasteiger partial charge < -0.3 is 9.88 Å². The molecule has 3 rings (SSSR count). The summed E-state index contributed by atoms with van der Waals surface area (Å²) in [5, 5.41) is 1.92. The van der Waals surface area contributed by atoms with Gasteiger partial charge >= 0.3 is 0 Å². The average Bonchev–Trinajstić information content (AvgIpc) is 2.99. The Morgan fingerprint density at radius 3 is 2.95 bits per heavy atom. The van der Waals surface area contributed by atoms with Crippen molar-refractivity contribution in [3.8, 4) is 0 Å². The van der Waals surface area contributed by atoms with Crippen LogP contribution in [-0.2, 0) is 0 Å². The highest BCUT2D eigenvalue weighted by molar-refractivity contribution is 7.71. The molecular formula is C13H17N3OS2. The van der Waals surface area contributed by atoms with Gasteiger partial charge in [-0.3, -0.25) is 9.36 Å². The zero-order valence-corrected chi connectivity index (χ0v) is 12.5. The number of thiophene rings is 1. The van der Waals surface area contributed by atoms with Gasteiger partial charge in [0.25, 0.3) is 5.56 Å². The zero-order valence-electron chi connectivity index (χ0n) is 10.9. The summed E-state index contributed by atoms with van der Waals surface area (Å²) in [5.41, 5.74) is 0.894. The average molecular weight is 295 g/mol. The van der Waals surface area contributed by atoms with Crippen molar-refractivity contribution < 1.29 is 0 Å². The molecule has 1 fully saturated rings. The van der Waals surface area contributed by atoms with Gasteiger partial charge in [0, 0.05) is 12.6 Å². The Hall–Kier alpha value is -0.980. The molecule has 1 atom stereocenters. The fraction of sp³-hybridized carbons (Fsp3) is 0.538. The van der Waals surface area contributed by atoms with Crippen LogP contribution in [0.3, 0.4) is 0 Å². The highest BCUT2D eigenvalue weighted by Gasteiger charge is 2.18. The molecule has 0 saturated carbocycles. The van der Waals surface area contributed by atoms with Crippen LogP contribution in [0.1, 0.15) is 25.8 Å². The summed E-state index contributed by atoms with van der Waals surface area (Å²) < 4.78 is 3.02. The number of nitrogens with one attached hydrogen (secondary N) is 1. The SMILES string of the molecule is CC(CN1CCCC1)n1c(=S)[nH]c2ccsc2c1=O. The Morgan fingerprint density at radius 1 is 1.47 bits per heavy atom. The standard InChI is InChI=1S/C13H17N3OS2/c1-9(8-15-5-2-3-6-15)16-12(17)11-10(4-7-19-11)14-13(16)18/h4,7,9H,2-3,5-6,8H2,1H3,(H,14,18). The highest BCUT2D eigenvalue weighted by atomic mass is 32.1. The second-order valence-corrected chi connectivity index (χ2v) is 6.43. The highest BCUT2D eigenvalue weighted by Crippen LogP contribution is 2.17. The van der Waals surface area contributed by atoms with Gasteiger partial charge in [-0.25, -0.2) is 0 Å². The van der Waals surface area contributed by atoms with E-state index in [1.807, 2.05) is 11.4 Å². The van der Waals surface area contributed by atoms with Gasteiger partial charge in [0.05, 0.1) is 5.52 Å². The zero-order chi connectivity index (χ0) is 13.4. The number of likely N-dealkylation sites (tertiary alicyclic amines) is 1. The number of aromatic amines is 1. The van der Waals surface area contributed by atoms with Crippen molar-refractivity contribution in [1.82, 2.24) is 14.5 Å². The smallest absolute Gasteiger partial charge is 0.272 e. The van der Waals surface area contributed by atoms with Crippen molar-refractivity contribution in [3.63, 3.8) is 0 Å². The Kier molecular flexibility index (Phi) is 3.56. The van der Waals surface area contributed by atoms with Crippen molar-refractivity contribution in [1.29, 1.82) is 0 Å². The molecule has 1 aliphatic rings. The molecule has 1 N–H and O–H groups in total. The molecule has 2 aromatic heterocycles. The van der Waals surface area contributed by atoms with E-state index >= 15 is 0 Å². The van der Waals surface area contributed by atoms with Crippen LogP contribution in [0.25, 0.3) is 10.2 Å². The van der Waals surface area contributed by atoms with E-state index < -0.39 is 0 Å². The second-order valence-electron chi connectivity index (χ2n) is 5.13. The van der Waals surface area contributed by atoms with Crippen LogP contribution in [-0.4, -0.2) is 34.1 Å². The quantitative estimate of drug-likeness (QED) is 0.885. The van der Waals surface area contributed by atoms with Crippen molar-refractivity contribution in [3.05, 3.63) is 26.6 Å². The fourth-order valence-corrected chi connectivity index (χ4v) is 3.93. The first-order valence-electron chi connectivity index (χ1n) is 6.61. The van der Waals surface area contributed by atoms with Crippen LogP contribution >= 0.6 is 23.6 Å². The molecule has 0 bridgehead atoms. The normalized spacial score (nSPS) is 18.2. The number of hydrogen-bond acceptors (Lipinski definition) is 4. The molecule has 0 aliphatic carbocycles. The molecule has 0 spiro atoms. The third-order valence-electron chi connectivity index (χ3n) is 3.70. The summed E-state index contributed by atoms with van der Waals surface area (Å²) in [5.74, 6) is 0. The number of hydrogen-bond donors (Lipinski definition) is 1. The largest absolute Gasteiger partial charge is 0.331 e. The van der Waals surface area contributed by atoms with Crippen LogP contribution in [0.4, 0.5) is 0 Å². The van der Waals surface area contributed by atoms with E-state index in [2.05, 4.69) is 16.8 Å². The third-order valence-corrected chi connectivity index (χ3v) is 4.90. The molecule has 0 radical (unpaired) electrons. The Balaban J connectivity index is 1.98. The lowest BCUT2D eigenvalue weighted by Gasteiger charge is -2.22. The van der Waals surface area contributed by atoms with E-state index in [1.54, 1.807) is 4.57 Å². The van der Waals surface area contributed by atoms with Crippen LogP contribution < -0.4 is 5.56 Å². The molecule has 3 heterocycles. The molecule has 2 aromatic rings. The summed E-state index contributed by atoms with van der Waals surface area (Å²) in [6.45, 7) is 5.24. The molecular weight excluding hydrogens is 278 g/mol. The van der Waals surface area contributed by atoms with Crippen LogP contribution in [0, 0.1) is 4.77 Å². The van der Waals surface area contributed by atoms with Gasteiger partial charge in [0.15, 0.2) is 4.77 Å². The van der Waals surface area contributed by atoms with Crippen LogP contribution in [0.15, 0.2) is 16.2 Å². The lowest BCUT2D eigenvalue weighted by atomic mass is 10.3. The van der Waals surface area contributed by atoms with Gasteiger partial charge in [-0.05, 0) is 56.5 Å². The lowest BCUT2D eigenvalue weighted by molar-refractivity contribution is 0.283. The molecule has 1 unspecified atom stereocenters. The maximum absolute atomic E-state index is 12.5. The molecule has 102 valence electrons. The monoisotopic (exact) mass is 295 g/mol. The predicted molar refractivity (Wildman–Crippen MR) is 81.7 cm³/mol. The van der Waals surface area contributed by atoms with E-state index in [0.717, 1.165) is 29.9 Å². The third kappa shape index (κ3) is 2.40. The molecule has 6 heteroatoms. The summed E-state index contributed by atoms with van der Waals surface area (Å²) in [6.07, 6.45) is 2.52. The van der Waals surface area contributed by atoms with E-state index in [4.69, 9.17) is 12.2 Å². The predicted octanol–water partition coefficient (Wildman–Crippen LogP) is 2.78. The summed E-state index contributed by atoms with van der Waals surface area (Å²) in [6, 6.07) is 2.02. The van der Waals surface area contributed by atoms with Gasteiger partial charge in [-0.1, -0.05) is 0 Å². The van der Waals surface area contributed by atoms with Gasteiger partial charge in [0.1, 0.15) is 4.70 Å². The second kappa shape index (κ2) is 5.19. The number of rotatable bonds is 3. The topological polar surface area (TPSA) is 41.0 Å². The minimum Gasteiger partial charge on any atom is -0.331 e.